The van der Waals surface area contributed by atoms with Gasteiger partial charge in [0.15, 0.2) is 0 Å². The second-order valence-electron chi connectivity index (χ2n) is 4.21. The van der Waals surface area contributed by atoms with E-state index >= 15 is 0 Å². The summed E-state index contributed by atoms with van der Waals surface area (Å²) >= 11 is 0. The molecule has 7 heteroatoms. The van der Waals surface area contributed by atoms with Crippen LogP contribution in [0.5, 0.6) is 0 Å². The van der Waals surface area contributed by atoms with Gasteiger partial charge in [0.2, 0.25) is 0 Å². The Morgan fingerprint density at radius 3 is 2.95 bits per heavy atom. The third kappa shape index (κ3) is 2.94. The monoisotopic (exact) mass is 262 g/mol. The molecule has 0 saturated heterocycles. The molecule has 1 aromatic carbocycles. The van der Waals surface area contributed by atoms with Crippen LogP contribution in [-0.4, -0.2) is 31.6 Å². The Morgan fingerprint density at radius 1 is 1.47 bits per heavy atom. The summed E-state index contributed by atoms with van der Waals surface area (Å²) in [7, 11) is 0. The van der Waals surface area contributed by atoms with Crippen molar-refractivity contribution in [3.8, 4) is 5.69 Å². The predicted octanol–water partition coefficient (Wildman–Crippen LogP) is 1.41. The molecule has 0 aliphatic carbocycles. The second-order valence-corrected chi connectivity index (χ2v) is 4.21. The molecule has 0 atom stereocenters. The molecule has 0 amide bonds. The van der Waals surface area contributed by atoms with Crippen molar-refractivity contribution >= 4 is 5.69 Å². The molecule has 0 radical (unpaired) electrons. The largest absolute Gasteiger partial charge is 0.396 e. The predicted molar refractivity (Wildman–Crippen MR) is 68.2 cm³/mol. The first-order chi connectivity index (χ1) is 9.11. The number of aliphatic hydroxyl groups excluding tert-OH is 1. The molecule has 0 aliphatic rings. The minimum atomic E-state index is -0.414. The Labute approximate surface area is 109 Å². The van der Waals surface area contributed by atoms with Crippen LogP contribution in [0.25, 0.3) is 5.69 Å². The number of nitro benzene ring substituents is 1. The molecule has 19 heavy (non-hydrogen) atoms. The lowest BCUT2D eigenvalue weighted by atomic mass is 10.2. The van der Waals surface area contributed by atoms with Gasteiger partial charge in [-0.05, 0) is 25.8 Å². The van der Waals surface area contributed by atoms with E-state index in [9.17, 15) is 10.1 Å². The quantitative estimate of drug-likeness (QED) is 0.649. The Balaban J connectivity index is 2.29. The molecule has 0 bridgehead atoms. The molecule has 0 saturated carbocycles. The second kappa shape index (κ2) is 5.57. The molecule has 1 aromatic heterocycles. The molecule has 7 nitrogen and oxygen atoms in total. The van der Waals surface area contributed by atoms with E-state index < -0.39 is 4.92 Å². The normalized spacial score (nSPS) is 10.6. The molecule has 0 fully saturated rings. The Bertz CT molecular complexity index is 594. The van der Waals surface area contributed by atoms with Crippen LogP contribution in [0.4, 0.5) is 5.69 Å². The van der Waals surface area contributed by atoms with Gasteiger partial charge in [-0.15, -0.1) is 5.10 Å². The number of hydrogen-bond donors (Lipinski definition) is 1. The highest BCUT2D eigenvalue weighted by Gasteiger charge is 2.12. The molecular weight excluding hydrogens is 248 g/mol. The summed E-state index contributed by atoms with van der Waals surface area (Å²) in [6.45, 7) is 1.79. The lowest BCUT2D eigenvalue weighted by molar-refractivity contribution is -0.385. The Kier molecular flexibility index (Phi) is 3.86. The topological polar surface area (TPSA) is 94.1 Å². The number of benzene rings is 1. The molecule has 2 aromatic rings. The number of hydrogen-bond acceptors (Lipinski definition) is 5. The summed E-state index contributed by atoms with van der Waals surface area (Å²) in [6, 6.07) is 4.91. The minimum absolute atomic E-state index is 0.0601. The summed E-state index contributed by atoms with van der Waals surface area (Å²) in [5, 5.41) is 27.5. The number of nitro groups is 1. The van der Waals surface area contributed by atoms with Gasteiger partial charge in [0.1, 0.15) is 0 Å². The molecule has 2 rings (SSSR count). The number of aryl methyl sites for hydroxylation is 2. The van der Waals surface area contributed by atoms with Crippen molar-refractivity contribution < 1.29 is 10.0 Å². The molecule has 0 aliphatic heterocycles. The number of aliphatic hydroxyl groups is 1. The van der Waals surface area contributed by atoms with Gasteiger partial charge in [0.25, 0.3) is 5.69 Å². The van der Waals surface area contributed by atoms with E-state index in [2.05, 4.69) is 10.3 Å². The highest BCUT2D eigenvalue weighted by atomic mass is 16.6. The van der Waals surface area contributed by atoms with Crippen molar-refractivity contribution in [1.29, 1.82) is 0 Å². The van der Waals surface area contributed by atoms with E-state index in [0.29, 0.717) is 24.1 Å². The van der Waals surface area contributed by atoms with Crippen LogP contribution in [0, 0.1) is 17.0 Å². The number of nitrogens with zero attached hydrogens (tertiary/aromatic N) is 4. The highest BCUT2D eigenvalue weighted by molar-refractivity contribution is 5.48. The third-order valence-electron chi connectivity index (χ3n) is 2.79. The van der Waals surface area contributed by atoms with Crippen LogP contribution in [0.2, 0.25) is 0 Å². The fourth-order valence-corrected chi connectivity index (χ4v) is 1.74. The fourth-order valence-electron chi connectivity index (χ4n) is 1.74. The minimum Gasteiger partial charge on any atom is -0.396 e. The van der Waals surface area contributed by atoms with E-state index in [1.54, 1.807) is 25.3 Å². The maximum Gasteiger partial charge on any atom is 0.274 e. The van der Waals surface area contributed by atoms with Gasteiger partial charge in [-0.2, -0.15) is 0 Å². The first-order valence-corrected chi connectivity index (χ1v) is 5.89. The summed E-state index contributed by atoms with van der Waals surface area (Å²) in [6.07, 6.45) is 2.96. The zero-order chi connectivity index (χ0) is 13.8. The highest BCUT2D eigenvalue weighted by Crippen LogP contribution is 2.21. The summed E-state index contributed by atoms with van der Waals surface area (Å²) in [5.41, 5.74) is 2.01. The number of rotatable bonds is 5. The van der Waals surface area contributed by atoms with E-state index in [-0.39, 0.29) is 12.3 Å². The van der Waals surface area contributed by atoms with E-state index in [1.165, 1.54) is 10.7 Å². The lowest BCUT2D eigenvalue weighted by Crippen LogP contribution is -1.98. The van der Waals surface area contributed by atoms with Crippen LogP contribution < -0.4 is 0 Å². The van der Waals surface area contributed by atoms with Crippen molar-refractivity contribution in [2.45, 2.75) is 19.8 Å². The van der Waals surface area contributed by atoms with Crippen LogP contribution in [-0.2, 0) is 6.42 Å². The van der Waals surface area contributed by atoms with Crippen molar-refractivity contribution in [1.82, 2.24) is 15.0 Å². The maximum absolute atomic E-state index is 10.9. The van der Waals surface area contributed by atoms with Crippen LogP contribution in [0.3, 0.4) is 0 Å². The average Bonchev–Trinajstić information content (AvgIpc) is 2.85. The molecule has 0 spiro atoms. The van der Waals surface area contributed by atoms with Crippen molar-refractivity contribution in [2.24, 2.45) is 0 Å². The van der Waals surface area contributed by atoms with Crippen LogP contribution in [0.15, 0.2) is 24.4 Å². The van der Waals surface area contributed by atoms with Crippen LogP contribution >= 0.6 is 0 Å². The maximum atomic E-state index is 10.9. The van der Waals surface area contributed by atoms with Gasteiger partial charge in [-0.25, -0.2) is 4.68 Å². The summed E-state index contributed by atoms with van der Waals surface area (Å²) in [4.78, 5) is 10.5. The van der Waals surface area contributed by atoms with E-state index in [0.717, 1.165) is 5.69 Å². The number of aromatic nitrogens is 3. The standard InChI is InChI=1S/C12H14N4O3/c1-9-4-5-11(7-12(9)16(18)19)15-8-10(13-14-15)3-2-6-17/h4-5,7-8,17H,2-3,6H2,1H3. The average molecular weight is 262 g/mol. The molecular formula is C12H14N4O3. The summed E-state index contributed by atoms with van der Waals surface area (Å²) in [5.74, 6) is 0. The SMILES string of the molecule is Cc1ccc(-n2cc(CCCO)nn2)cc1[N+](=O)[O-]. The summed E-state index contributed by atoms with van der Waals surface area (Å²) < 4.78 is 1.50. The molecule has 100 valence electrons. The van der Waals surface area contributed by atoms with Crippen molar-refractivity contribution in [2.75, 3.05) is 6.61 Å². The van der Waals surface area contributed by atoms with Crippen LogP contribution in [0.1, 0.15) is 17.7 Å². The smallest absolute Gasteiger partial charge is 0.274 e. The zero-order valence-corrected chi connectivity index (χ0v) is 10.5. The van der Waals surface area contributed by atoms with E-state index in [4.69, 9.17) is 5.11 Å². The fraction of sp³-hybridized carbons (Fsp3) is 0.333. The van der Waals surface area contributed by atoms with Gasteiger partial charge in [-0.3, -0.25) is 10.1 Å². The van der Waals surface area contributed by atoms with Gasteiger partial charge in [0.05, 0.1) is 22.5 Å². The van der Waals surface area contributed by atoms with Crippen molar-refractivity contribution in [3.63, 3.8) is 0 Å². The first-order valence-electron chi connectivity index (χ1n) is 5.89. The Hall–Kier alpha value is -2.28. The Morgan fingerprint density at radius 2 is 2.26 bits per heavy atom. The zero-order valence-electron chi connectivity index (χ0n) is 10.5. The van der Waals surface area contributed by atoms with Gasteiger partial charge >= 0.3 is 0 Å². The molecule has 0 unspecified atom stereocenters. The van der Waals surface area contributed by atoms with E-state index in [1.807, 2.05) is 0 Å². The third-order valence-corrected chi connectivity index (χ3v) is 2.79. The van der Waals surface area contributed by atoms with Gasteiger partial charge in [-0.1, -0.05) is 11.3 Å². The van der Waals surface area contributed by atoms with Gasteiger partial charge in [0, 0.05) is 18.2 Å². The van der Waals surface area contributed by atoms with Gasteiger partial charge < -0.3 is 5.11 Å². The molecule has 1 N–H and O–H groups in total. The first kappa shape index (κ1) is 13.2. The van der Waals surface area contributed by atoms with Crippen molar-refractivity contribution in [3.05, 3.63) is 45.8 Å². The lowest BCUT2D eigenvalue weighted by Gasteiger charge is -2.02. The molecule has 1 heterocycles.